The van der Waals surface area contributed by atoms with Gasteiger partial charge in [-0.15, -0.1) is 11.8 Å². The minimum absolute atomic E-state index is 0.327. The van der Waals surface area contributed by atoms with Crippen molar-refractivity contribution in [2.24, 2.45) is 0 Å². The number of hydrogen-bond donors (Lipinski definition) is 0. The highest BCUT2D eigenvalue weighted by atomic mass is 35.5. The summed E-state index contributed by atoms with van der Waals surface area (Å²) in [5.41, 5.74) is 2.16. The summed E-state index contributed by atoms with van der Waals surface area (Å²) in [5.74, 6) is 0. The molecular weight excluding hydrogens is 250 g/mol. The lowest BCUT2D eigenvalue weighted by Crippen LogP contribution is -1.94. The van der Waals surface area contributed by atoms with Crippen molar-refractivity contribution in [1.82, 2.24) is 4.98 Å². The van der Waals surface area contributed by atoms with Gasteiger partial charge in [-0.1, -0.05) is 23.7 Å². The van der Waals surface area contributed by atoms with Crippen molar-refractivity contribution >= 4 is 23.4 Å². The molecule has 1 aromatic carbocycles. The molecule has 2 rings (SSSR count). The number of thioether (sulfide) groups is 1. The molecule has 0 amide bonds. The Kier molecular flexibility index (Phi) is 4.08. The second kappa shape index (κ2) is 5.56. The molecule has 0 radical (unpaired) electrons. The second-order valence-corrected chi connectivity index (χ2v) is 5.77. The highest BCUT2D eigenvalue weighted by Gasteiger charge is 2.09. The van der Waals surface area contributed by atoms with Crippen LogP contribution in [0.4, 0.5) is 0 Å². The molecule has 0 bridgehead atoms. The van der Waals surface area contributed by atoms with Gasteiger partial charge in [0.25, 0.3) is 0 Å². The predicted octanol–water partition coefficient (Wildman–Crippen LogP) is 4.90. The largest absolute Gasteiger partial charge is 0.257 e. The first-order chi connectivity index (χ1) is 8.15. The van der Waals surface area contributed by atoms with Gasteiger partial charge in [0.1, 0.15) is 0 Å². The van der Waals surface area contributed by atoms with Gasteiger partial charge in [-0.2, -0.15) is 0 Å². The van der Waals surface area contributed by atoms with Crippen LogP contribution in [0.3, 0.4) is 0 Å². The quantitative estimate of drug-likeness (QED) is 0.731. The van der Waals surface area contributed by atoms with Gasteiger partial charge in [-0.05, 0) is 44.2 Å². The molecule has 0 aliphatic heterocycles. The smallest absolute Gasteiger partial charge is 0.0537 e. The maximum atomic E-state index is 5.97. The highest BCUT2D eigenvalue weighted by Crippen LogP contribution is 2.34. The van der Waals surface area contributed by atoms with Crippen molar-refractivity contribution in [3.8, 4) is 0 Å². The van der Waals surface area contributed by atoms with Gasteiger partial charge in [-0.25, -0.2) is 0 Å². The Morgan fingerprint density at radius 1 is 1.18 bits per heavy atom. The summed E-state index contributed by atoms with van der Waals surface area (Å²) in [4.78, 5) is 5.71. The zero-order chi connectivity index (χ0) is 12.3. The number of halogens is 1. The number of hydrogen-bond acceptors (Lipinski definition) is 2. The van der Waals surface area contributed by atoms with Crippen molar-refractivity contribution in [3.63, 3.8) is 0 Å². The van der Waals surface area contributed by atoms with Gasteiger partial charge >= 0.3 is 0 Å². The van der Waals surface area contributed by atoms with E-state index >= 15 is 0 Å². The minimum atomic E-state index is 0.327. The third kappa shape index (κ3) is 3.48. The van der Waals surface area contributed by atoms with Gasteiger partial charge < -0.3 is 0 Å². The molecule has 0 N–H and O–H groups in total. The topological polar surface area (TPSA) is 12.9 Å². The Morgan fingerprint density at radius 2 is 1.94 bits per heavy atom. The van der Waals surface area contributed by atoms with Crippen LogP contribution in [0.5, 0.6) is 0 Å². The van der Waals surface area contributed by atoms with Crippen LogP contribution in [-0.2, 0) is 0 Å². The van der Waals surface area contributed by atoms with Gasteiger partial charge in [0.2, 0.25) is 0 Å². The van der Waals surface area contributed by atoms with E-state index in [1.807, 2.05) is 37.3 Å². The molecule has 1 heterocycles. The van der Waals surface area contributed by atoms with Crippen LogP contribution in [0.25, 0.3) is 0 Å². The molecule has 1 nitrogen and oxygen atoms in total. The van der Waals surface area contributed by atoms with Crippen molar-refractivity contribution in [2.45, 2.75) is 24.0 Å². The zero-order valence-electron chi connectivity index (χ0n) is 9.85. The van der Waals surface area contributed by atoms with Crippen LogP contribution in [-0.4, -0.2) is 4.98 Å². The Hall–Kier alpha value is -0.990. The monoisotopic (exact) mass is 263 g/mol. The summed E-state index contributed by atoms with van der Waals surface area (Å²) in [6.45, 7) is 4.17. The van der Waals surface area contributed by atoms with E-state index in [0.29, 0.717) is 5.25 Å². The standard InChI is InChI=1S/C14H14ClNS/c1-10-5-3-8-14(16-10)11(2)17-13-7-4-6-12(15)9-13/h3-9,11H,1-2H3. The summed E-state index contributed by atoms with van der Waals surface area (Å²) in [5, 5.41) is 1.10. The van der Waals surface area contributed by atoms with E-state index in [2.05, 4.69) is 24.0 Å². The van der Waals surface area contributed by atoms with Crippen LogP contribution < -0.4 is 0 Å². The van der Waals surface area contributed by atoms with Gasteiger partial charge in [0, 0.05) is 20.9 Å². The number of pyridine rings is 1. The number of rotatable bonds is 3. The molecule has 0 saturated heterocycles. The fourth-order valence-corrected chi connectivity index (χ4v) is 2.86. The number of aromatic nitrogens is 1. The zero-order valence-corrected chi connectivity index (χ0v) is 11.4. The molecule has 0 aliphatic carbocycles. The molecule has 0 saturated carbocycles. The molecule has 88 valence electrons. The summed E-state index contributed by atoms with van der Waals surface area (Å²) in [7, 11) is 0. The van der Waals surface area contributed by atoms with Crippen molar-refractivity contribution in [2.75, 3.05) is 0 Å². The van der Waals surface area contributed by atoms with Gasteiger partial charge in [0.15, 0.2) is 0 Å². The molecule has 0 spiro atoms. The van der Waals surface area contributed by atoms with Gasteiger partial charge in [-0.3, -0.25) is 4.98 Å². The van der Waals surface area contributed by atoms with E-state index in [9.17, 15) is 0 Å². The van der Waals surface area contributed by atoms with E-state index in [4.69, 9.17) is 11.6 Å². The van der Waals surface area contributed by atoms with Gasteiger partial charge in [0.05, 0.1) is 5.69 Å². The number of aryl methyl sites for hydroxylation is 1. The third-order valence-electron chi connectivity index (χ3n) is 2.44. The van der Waals surface area contributed by atoms with E-state index in [0.717, 1.165) is 16.4 Å². The van der Waals surface area contributed by atoms with Crippen LogP contribution >= 0.6 is 23.4 Å². The van der Waals surface area contributed by atoms with Crippen LogP contribution in [0.2, 0.25) is 5.02 Å². The maximum absolute atomic E-state index is 5.97. The summed E-state index contributed by atoms with van der Waals surface area (Å²) in [6.07, 6.45) is 0. The second-order valence-electron chi connectivity index (χ2n) is 3.92. The maximum Gasteiger partial charge on any atom is 0.0537 e. The average molecular weight is 264 g/mol. The lowest BCUT2D eigenvalue weighted by molar-refractivity contribution is 0.982. The van der Waals surface area contributed by atoms with Crippen molar-refractivity contribution in [1.29, 1.82) is 0 Å². The summed E-state index contributed by atoms with van der Waals surface area (Å²) < 4.78 is 0. The minimum Gasteiger partial charge on any atom is -0.257 e. The molecule has 2 aromatic rings. The summed E-state index contributed by atoms with van der Waals surface area (Å²) >= 11 is 7.74. The van der Waals surface area contributed by atoms with E-state index in [1.165, 1.54) is 4.90 Å². The fourth-order valence-electron chi connectivity index (χ4n) is 1.60. The Labute approximate surface area is 111 Å². The van der Waals surface area contributed by atoms with Crippen LogP contribution in [0, 0.1) is 6.92 Å². The first-order valence-corrected chi connectivity index (χ1v) is 6.77. The lowest BCUT2D eigenvalue weighted by Gasteiger charge is -2.11. The van der Waals surface area contributed by atoms with E-state index in [1.54, 1.807) is 11.8 Å². The Balaban J connectivity index is 2.14. The molecule has 17 heavy (non-hydrogen) atoms. The highest BCUT2D eigenvalue weighted by molar-refractivity contribution is 7.99. The Bertz CT molecular complexity index is 513. The average Bonchev–Trinajstić information content (AvgIpc) is 2.29. The molecule has 3 heteroatoms. The first-order valence-electron chi connectivity index (χ1n) is 5.51. The van der Waals surface area contributed by atoms with Crippen LogP contribution in [0.1, 0.15) is 23.6 Å². The predicted molar refractivity (Wildman–Crippen MR) is 74.7 cm³/mol. The molecular formula is C14H14ClNS. The van der Waals surface area contributed by atoms with Crippen molar-refractivity contribution in [3.05, 3.63) is 58.9 Å². The normalized spacial score (nSPS) is 12.4. The SMILES string of the molecule is Cc1cccc(C(C)Sc2cccc(Cl)c2)n1. The van der Waals surface area contributed by atoms with E-state index < -0.39 is 0 Å². The lowest BCUT2D eigenvalue weighted by atomic mass is 10.2. The number of nitrogens with zero attached hydrogens (tertiary/aromatic N) is 1. The summed E-state index contributed by atoms with van der Waals surface area (Å²) in [6, 6.07) is 14.0. The van der Waals surface area contributed by atoms with Crippen molar-refractivity contribution < 1.29 is 0 Å². The molecule has 0 fully saturated rings. The van der Waals surface area contributed by atoms with E-state index in [-0.39, 0.29) is 0 Å². The molecule has 1 unspecified atom stereocenters. The first kappa shape index (κ1) is 12.5. The fraction of sp³-hybridized carbons (Fsp3) is 0.214. The van der Waals surface area contributed by atoms with Crippen LogP contribution in [0.15, 0.2) is 47.4 Å². The molecule has 0 aliphatic rings. The molecule has 1 aromatic heterocycles. The Morgan fingerprint density at radius 3 is 2.65 bits per heavy atom. The molecule has 1 atom stereocenters. The third-order valence-corrected chi connectivity index (χ3v) is 3.79. The number of benzene rings is 1.